The molecule has 0 radical (unpaired) electrons. The van der Waals surface area contributed by atoms with E-state index in [2.05, 4.69) is 5.16 Å². The van der Waals surface area contributed by atoms with Gasteiger partial charge in [-0.1, -0.05) is 34.4 Å². The van der Waals surface area contributed by atoms with Gasteiger partial charge in [0.05, 0.1) is 15.8 Å². The molecule has 0 aromatic heterocycles. The Morgan fingerprint density at radius 1 is 1.44 bits per heavy atom. The van der Waals surface area contributed by atoms with Crippen molar-refractivity contribution in [1.29, 1.82) is 0 Å². The Hall–Kier alpha value is -1.26. The van der Waals surface area contributed by atoms with Gasteiger partial charge in [-0.05, 0) is 12.1 Å². The first kappa shape index (κ1) is 11.2. The molecule has 1 aliphatic rings. The van der Waals surface area contributed by atoms with Crippen molar-refractivity contribution < 1.29 is 14.7 Å². The average Bonchev–Trinajstić information content (AvgIpc) is 2.66. The lowest BCUT2D eigenvalue weighted by molar-refractivity contribution is -0.148. The highest BCUT2D eigenvalue weighted by molar-refractivity contribution is 6.40. The standard InChI is InChI=1S/C10H7Cl2NO3/c11-5-2-1-3-6(12)9(5)7-4-8(10(14)15)16-13-7/h1-3,8H,4H2,(H,14,15). The van der Waals surface area contributed by atoms with Crippen molar-refractivity contribution in [1.82, 2.24) is 0 Å². The first-order chi connectivity index (χ1) is 7.59. The zero-order valence-corrected chi connectivity index (χ0v) is 9.50. The second kappa shape index (κ2) is 4.31. The molecule has 0 bridgehead atoms. The van der Waals surface area contributed by atoms with Crippen molar-refractivity contribution in [2.45, 2.75) is 12.5 Å². The predicted octanol–water partition coefficient (Wildman–Crippen LogP) is 2.57. The Labute approximate surface area is 101 Å². The monoisotopic (exact) mass is 259 g/mol. The van der Waals surface area contributed by atoms with E-state index in [-0.39, 0.29) is 6.42 Å². The lowest BCUT2D eigenvalue weighted by Crippen LogP contribution is -2.20. The van der Waals surface area contributed by atoms with Crippen LogP contribution in [0.2, 0.25) is 10.0 Å². The van der Waals surface area contributed by atoms with Gasteiger partial charge in [0.1, 0.15) is 0 Å². The minimum Gasteiger partial charge on any atom is -0.478 e. The van der Waals surface area contributed by atoms with E-state index < -0.39 is 12.1 Å². The lowest BCUT2D eigenvalue weighted by Gasteiger charge is -2.04. The van der Waals surface area contributed by atoms with Gasteiger partial charge in [0.2, 0.25) is 6.10 Å². The van der Waals surface area contributed by atoms with Crippen LogP contribution in [-0.2, 0) is 9.63 Å². The molecule has 0 saturated carbocycles. The molecule has 1 heterocycles. The summed E-state index contributed by atoms with van der Waals surface area (Å²) in [6, 6.07) is 5.04. The highest BCUT2D eigenvalue weighted by atomic mass is 35.5. The van der Waals surface area contributed by atoms with E-state index in [0.717, 1.165) is 0 Å². The van der Waals surface area contributed by atoms with Gasteiger partial charge in [0, 0.05) is 12.0 Å². The Kier molecular flexibility index (Phi) is 3.03. The molecule has 0 fully saturated rings. The van der Waals surface area contributed by atoms with Gasteiger partial charge < -0.3 is 9.94 Å². The third kappa shape index (κ3) is 1.99. The first-order valence-corrected chi connectivity index (χ1v) is 5.25. The summed E-state index contributed by atoms with van der Waals surface area (Å²) < 4.78 is 0. The second-order valence-corrected chi connectivity index (χ2v) is 4.09. The van der Waals surface area contributed by atoms with Gasteiger partial charge in [-0.25, -0.2) is 4.79 Å². The summed E-state index contributed by atoms with van der Waals surface area (Å²) in [5, 5.41) is 13.3. The van der Waals surface area contributed by atoms with E-state index in [1.54, 1.807) is 18.2 Å². The highest BCUT2D eigenvalue weighted by Gasteiger charge is 2.30. The van der Waals surface area contributed by atoms with Crippen LogP contribution in [0.4, 0.5) is 0 Å². The maximum absolute atomic E-state index is 10.7. The number of benzene rings is 1. The fourth-order valence-corrected chi connectivity index (χ4v) is 2.05. The molecular weight excluding hydrogens is 253 g/mol. The molecule has 1 atom stereocenters. The average molecular weight is 260 g/mol. The van der Waals surface area contributed by atoms with Gasteiger partial charge in [-0.2, -0.15) is 0 Å². The van der Waals surface area contributed by atoms with Crippen LogP contribution < -0.4 is 0 Å². The molecule has 0 saturated heterocycles. The molecule has 4 nitrogen and oxygen atoms in total. The molecule has 84 valence electrons. The second-order valence-electron chi connectivity index (χ2n) is 3.27. The number of rotatable bonds is 2. The van der Waals surface area contributed by atoms with Crippen LogP contribution >= 0.6 is 23.2 Å². The molecular formula is C10H7Cl2NO3. The number of carbonyl (C=O) groups is 1. The quantitative estimate of drug-likeness (QED) is 0.888. The maximum atomic E-state index is 10.7. The Morgan fingerprint density at radius 3 is 2.56 bits per heavy atom. The first-order valence-electron chi connectivity index (χ1n) is 4.49. The van der Waals surface area contributed by atoms with Crippen molar-refractivity contribution in [3.63, 3.8) is 0 Å². The Balaban J connectivity index is 2.31. The van der Waals surface area contributed by atoms with Crippen molar-refractivity contribution in [2.24, 2.45) is 5.16 Å². The van der Waals surface area contributed by atoms with Crippen molar-refractivity contribution in [3.05, 3.63) is 33.8 Å². The number of hydrogen-bond donors (Lipinski definition) is 1. The fourth-order valence-electron chi connectivity index (χ4n) is 1.43. The van der Waals surface area contributed by atoms with Gasteiger partial charge in [-0.15, -0.1) is 0 Å². The zero-order valence-electron chi connectivity index (χ0n) is 7.98. The zero-order chi connectivity index (χ0) is 11.7. The Bertz CT molecular complexity index is 453. The van der Waals surface area contributed by atoms with Crippen LogP contribution in [0.5, 0.6) is 0 Å². The van der Waals surface area contributed by atoms with Gasteiger partial charge in [0.25, 0.3) is 0 Å². The van der Waals surface area contributed by atoms with Crippen LogP contribution in [0, 0.1) is 0 Å². The number of aliphatic carboxylic acids is 1. The van der Waals surface area contributed by atoms with Gasteiger partial charge >= 0.3 is 5.97 Å². The van der Waals surface area contributed by atoms with E-state index in [0.29, 0.717) is 21.3 Å². The van der Waals surface area contributed by atoms with E-state index in [1.807, 2.05) is 0 Å². The molecule has 16 heavy (non-hydrogen) atoms. The smallest absolute Gasteiger partial charge is 0.348 e. The topological polar surface area (TPSA) is 58.9 Å². The predicted molar refractivity (Wildman–Crippen MR) is 60.1 cm³/mol. The Morgan fingerprint density at radius 2 is 2.06 bits per heavy atom. The van der Waals surface area contributed by atoms with Crippen molar-refractivity contribution in [2.75, 3.05) is 0 Å². The summed E-state index contributed by atoms with van der Waals surface area (Å²) >= 11 is 11.9. The number of carboxylic acids is 1. The minimum atomic E-state index is -1.05. The number of nitrogens with zero attached hydrogens (tertiary/aromatic N) is 1. The van der Waals surface area contributed by atoms with E-state index in [1.165, 1.54) is 0 Å². The summed E-state index contributed by atoms with van der Waals surface area (Å²) in [6.07, 6.45) is -0.791. The van der Waals surface area contributed by atoms with Crippen LogP contribution in [0.1, 0.15) is 12.0 Å². The summed E-state index contributed by atoms with van der Waals surface area (Å²) in [4.78, 5) is 15.4. The molecule has 1 aliphatic heterocycles. The summed E-state index contributed by atoms with van der Waals surface area (Å²) in [6.45, 7) is 0. The third-order valence-corrected chi connectivity index (χ3v) is 2.83. The highest BCUT2D eigenvalue weighted by Crippen LogP contribution is 2.29. The van der Waals surface area contributed by atoms with E-state index >= 15 is 0 Å². The van der Waals surface area contributed by atoms with Crippen LogP contribution in [0.25, 0.3) is 0 Å². The molecule has 1 N–H and O–H groups in total. The van der Waals surface area contributed by atoms with E-state index in [9.17, 15) is 4.79 Å². The third-order valence-electron chi connectivity index (χ3n) is 2.20. The van der Waals surface area contributed by atoms with Gasteiger partial charge in [-0.3, -0.25) is 0 Å². The molecule has 6 heteroatoms. The molecule has 1 aromatic carbocycles. The minimum absolute atomic E-state index is 0.165. The largest absolute Gasteiger partial charge is 0.478 e. The SMILES string of the molecule is O=C(O)C1CC(c2c(Cl)cccc2Cl)=NO1. The van der Waals surface area contributed by atoms with Crippen LogP contribution in [0.15, 0.2) is 23.4 Å². The summed E-state index contributed by atoms with van der Waals surface area (Å²) in [5.41, 5.74) is 0.998. The van der Waals surface area contributed by atoms with Crippen molar-refractivity contribution in [3.8, 4) is 0 Å². The molecule has 2 rings (SSSR count). The number of halogens is 2. The summed E-state index contributed by atoms with van der Waals surface area (Å²) in [5.74, 6) is -1.05. The lowest BCUT2D eigenvalue weighted by atomic mass is 10.1. The molecule has 0 amide bonds. The number of carboxylic acid groups (broad SMARTS) is 1. The molecule has 0 aliphatic carbocycles. The number of oxime groups is 1. The molecule has 1 unspecified atom stereocenters. The molecule has 0 spiro atoms. The number of hydrogen-bond acceptors (Lipinski definition) is 3. The van der Waals surface area contributed by atoms with E-state index in [4.69, 9.17) is 33.1 Å². The van der Waals surface area contributed by atoms with Crippen LogP contribution in [-0.4, -0.2) is 22.9 Å². The van der Waals surface area contributed by atoms with Gasteiger partial charge in [0.15, 0.2) is 0 Å². The normalized spacial score (nSPS) is 19.1. The maximum Gasteiger partial charge on any atom is 0.348 e. The summed E-state index contributed by atoms with van der Waals surface area (Å²) in [7, 11) is 0. The van der Waals surface area contributed by atoms with Crippen LogP contribution in [0.3, 0.4) is 0 Å². The molecule has 1 aromatic rings. The van der Waals surface area contributed by atoms with Crippen molar-refractivity contribution >= 4 is 34.9 Å². The fraction of sp³-hybridized carbons (Fsp3) is 0.200.